The highest BCUT2D eigenvalue weighted by atomic mass is 79.9. The fraction of sp³-hybridized carbons (Fsp3) is 0.769. The van der Waals surface area contributed by atoms with Gasteiger partial charge in [-0.1, -0.05) is 0 Å². The van der Waals surface area contributed by atoms with E-state index in [-0.39, 0.29) is 11.6 Å². The first-order valence-electron chi connectivity index (χ1n) is 6.49. The number of methoxy groups -OCH3 is 1. The van der Waals surface area contributed by atoms with Crippen LogP contribution in [0, 0.1) is 0 Å². The van der Waals surface area contributed by atoms with Crippen molar-refractivity contribution in [1.29, 1.82) is 0 Å². The zero-order valence-corrected chi connectivity index (χ0v) is 14.0. The second-order valence-electron chi connectivity index (χ2n) is 4.85. The molecule has 0 saturated carbocycles. The van der Waals surface area contributed by atoms with E-state index in [0.717, 1.165) is 16.7 Å². The summed E-state index contributed by atoms with van der Waals surface area (Å²) in [5.41, 5.74) is 0.759. The van der Waals surface area contributed by atoms with Crippen LogP contribution in [0.3, 0.4) is 0 Å². The van der Waals surface area contributed by atoms with Crippen molar-refractivity contribution in [3.05, 3.63) is 16.4 Å². The molecule has 0 fully saturated rings. The molecule has 1 unspecified atom stereocenters. The van der Waals surface area contributed by atoms with Gasteiger partial charge in [0.05, 0.1) is 41.2 Å². The predicted molar refractivity (Wildman–Crippen MR) is 79.3 cm³/mol. The maximum absolute atomic E-state index is 5.86. The quantitative estimate of drug-likeness (QED) is 0.793. The van der Waals surface area contributed by atoms with E-state index in [1.165, 1.54) is 0 Å². The third-order valence-electron chi connectivity index (χ3n) is 3.11. The first-order chi connectivity index (χ1) is 8.97. The van der Waals surface area contributed by atoms with Crippen LogP contribution in [0.15, 0.2) is 10.7 Å². The van der Waals surface area contributed by atoms with Crippen molar-refractivity contribution in [3.8, 4) is 0 Å². The number of hydrogen-bond acceptors (Lipinski definition) is 4. The number of likely N-dealkylation sites (N-methyl/N-ethyl adjacent to an activating group) is 1. The fourth-order valence-electron chi connectivity index (χ4n) is 2.28. The Morgan fingerprint density at radius 2 is 2.21 bits per heavy atom. The Labute approximate surface area is 123 Å². The number of hydrogen-bond donors (Lipinski definition) is 1. The first-order valence-corrected chi connectivity index (χ1v) is 7.28. The lowest BCUT2D eigenvalue weighted by Gasteiger charge is -2.34. The summed E-state index contributed by atoms with van der Waals surface area (Å²) in [6, 6.07) is 0.0428. The van der Waals surface area contributed by atoms with Crippen LogP contribution in [-0.2, 0) is 16.0 Å². The van der Waals surface area contributed by atoms with Crippen molar-refractivity contribution < 1.29 is 9.47 Å². The summed E-state index contributed by atoms with van der Waals surface area (Å²) in [7, 11) is 3.63. The average Bonchev–Trinajstić information content (AvgIpc) is 2.69. The molecule has 0 aliphatic rings. The number of halogens is 1. The van der Waals surface area contributed by atoms with Crippen LogP contribution in [-0.4, -0.2) is 42.8 Å². The van der Waals surface area contributed by atoms with Gasteiger partial charge in [0.25, 0.3) is 0 Å². The maximum atomic E-state index is 5.86. The molecule has 0 radical (unpaired) electrons. The second-order valence-corrected chi connectivity index (χ2v) is 5.71. The van der Waals surface area contributed by atoms with Crippen molar-refractivity contribution in [2.75, 3.05) is 27.4 Å². The summed E-state index contributed by atoms with van der Waals surface area (Å²) < 4.78 is 13.9. The molecule has 1 aromatic heterocycles. The lowest BCUT2D eigenvalue weighted by Crippen LogP contribution is -2.41. The Kier molecular flexibility index (Phi) is 6.46. The van der Waals surface area contributed by atoms with Gasteiger partial charge in [-0.15, -0.1) is 0 Å². The van der Waals surface area contributed by atoms with Gasteiger partial charge >= 0.3 is 0 Å². The number of nitrogens with one attached hydrogen (secondary N) is 1. The Morgan fingerprint density at radius 3 is 2.74 bits per heavy atom. The minimum absolute atomic E-state index is 0.0428. The molecule has 6 heteroatoms. The molecule has 0 aliphatic heterocycles. The maximum Gasteiger partial charge on any atom is 0.0835 e. The third-order valence-corrected chi connectivity index (χ3v) is 3.73. The van der Waals surface area contributed by atoms with E-state index in [2.05, 4.69) is 40.2 Å². The van der Waals surface area contributed by atoms with Crippen molar-refractivity contribution in [3.63, 3.8) is 0 Å². The number of rotatable bonds is 8. The highest BCUT2D eigenvalue weighted by Crippen LogP contribution is 2.33. The summed E-state index contributed by atoms with van der Waals surface area (Å²) in [4.78, 5) is 0. The van der Waals surface area contributed by atoms with Gasteiger partial charge in [0.2, 0.25) is 0 Å². The Bertz CT molecular complexity index is 393. The van der Waals surface area contributed by atoms with Crippen LogP contribution in [0.2, 0.25) is 0 Å². The predicted octanol–water partition coefficient (Wildman–Crippen LogP) is 2.37. The standard InChI is InChI=1S/C13H24BrN3O2/c1-6-19-13(2,3)12(15-4)11-10(14)9-16-17(11)7-8-18-5/h9,12,15H,6-8H2,1-5H3. The van der Waals surface area contributed by atoms with E-state index in [0.29, 0.717) is 13.2 Å². The van der Waals surface area contributed by atoms with Gasteiger partial charge in [0, 0.05) is 13.7 Å². The van der Waals surface area contributed by atoms with Crippen molar-refractivity contribution >= 4 is 15.9 Å². The molecule has 0 aliphatic carbocycles. The van der Waals surface area contributed by atoms with Gasteiger partial charge in [-0.25, -0.2) is 0 Å². The molecule has 110 valence electrons. The highest BCUT2D eigenvalue weighted by Gasteiger charge is 2.34. The molecule has 0 aromatic carbocycles. The first kappa shape index (κ1) is 16.6. The molecule has 0 spiro atoms. The Balaban J connectivity index is 3.06. The van der Waals surface area contributed by atoms with Crippen LogP contribution in [0.4, 0.5) is 0 Å². The van der Waals surface area contributed by atoms with Crippen LogP contribution in [0.25, 0.3) is 0 Å². The fourth-order valence-corrected chi connectivity index (χ4v) is 2.81. The van der Waals surface area contributed by atoms with Gasteiger partial charge in [0.1, 0.15) is 0 Å². The zero-order valence-electron chi connectivity index (χ0n) is 12.4. The molecule has 1 heterocycles. The van der Waals surface area contributed by atoms with Gasteiger partial charge in [-0.3, -0.25) is 4.68 Å². The second kappa shape index (κ2) is 7.38. The zero-order chi connectivity index (χ0) is 14.5. The van der Waals surface area contributed by atoms with Gasteiger partial charge in [0.15, 0.2) is 0 Å². The van der Waals surface area contributed by atoms with Gasteiger partial charge in [-0.2, -0.15) is 5.10 Å². The number of aromatic nitrogens is 2. The molecule has 0 saturated heterocycles. The lowest BCUT2D eigenvalue weighted by atomic mass is 9.95. The monoisotopic (exact) mass is 333 g/mol. The molecule has 1 atom stereocenters. The molecule has 0 amide bonds. The Morgan fingerprint density at radius 1 is 1.53 bits per heavy atom. The van der Waals surface area contributed by atoms with E-state index < -0.39 is 0 Å². The van der Waals surface area contributed by atoms with E-state index in [1.807, 2.05) is 24.9 Å². The summed E-state index contributed by atoms with van der Waals surface area (Å²) >= 11 is 3.57. The summed E-state index contributed by atoms with van der Waals surface area (Å²) in [5, 5.41) is 7.72. The van der Waals surface area contributed by atoms with Crippen molar-refractivity contribution in [2.24, 2.45) is 0 Å². The highest BCUT2D eigenvalue weighted by molar-refractivity contribution is 9.10. The van der Waals surface area contributed by atoms with Crippen LogP contribution in [0.5, 0.6) is 0 Å². The Hall–Kier alpha value is -0.430. The molecule has 19 heavy (non-hydrogen) atoms. The molecule has 1 rings (SSSR count). The molecule has 0 bridgehead atoms. The normalized spacial score (nSPS) is 13.8. The van der Waals surface area contributed by atoms with E-state index in [1.54, 1.807) is 7.11 Å². The minimum atomic E-state index is -0.323. The van der Waals surface area contributed by atoms with Gasteiger partial charge in [-0.05, 0) is 43.7 Å². The minimum Gasteiger partial charge on any atom is -0.383 e. The molecular formula is C13H24BrN3O2. The topological polar surface area (TPSA) is 48.3 Å². The van der Waals surface area contributed by atoms with Crippen LogP contribution in [0.1, 0.15) is 32.5 Å². The SMILES string of the molecule is CCOC(C)(C)C(NC)c1c(Br)cnn1CCOC. The van der Waals surface area contributed by atoms with E-state index in [4.69, 9.17) is 9.47 Å². The van der Waals surface area contributed by atoms with Crippen molar-refractivity contribution in [1.82, 2.24) is 15.1 Å². The summed E-state index contributed by atoms with van der Waals surface area (Å²) in [5.74, 6) is 0. The van der Waals surface area contributed by atoms with Crippen molar-refractivity contribution in [2.45, 2.75) is 39.0 Å². The smallest absolute Gasteiger partial charge is 0.0835 e. The average molecular weight is 334 g/mol. The number of nitrogens with zero attached hydrogens (tertiary/aromatic N) is 2. The molecule has 5 nitrogen and oxygen atoms in total. The van der Waals surface area contributed by atoms with E-state index >= 15 is 0 Å². The van der Waals surface area contributed by atoms with Gasteiger partial charge < -0.3 is 14.8 Å². The number of ether oxygens (including phenoxy) is 2. The molecule has 1 aromatic rings. The lowest BCUT2D eigenvalue weighted by molar-refractivity contribution is -0.0398. The van der Waals surface area contributed by atoms with Crippen LogP contribution < -0.4 is 5.32 Å². The third kappa shape index (κ3) is 4.02. The van der Waals surface area contributed by atoms with E-state index in [9.17, 15) is 0 Å². The van der Waals surface area contributed by atoms with Crippen LogP contribution >= 0.6 is 15.9 Å². The summed E-state index contributed by atoms with van der Waals surface area (Å²) in [6.45, 7) is 8.20. The summed E-state index contributed by atoms with van der Waals surface area (Å²) in [6.07, 6.45) is 1.82. The largest absolute Gasteiger partial charge is 0.383 e. The molecular weight excluding hydrogens is 310 g/mol. The molecule has 1 N–H and O–H groups in total.